The van der Waals surface area contributed by atoms with Crippen LogP contribution in [0.15, 0.2) is 67.0 Å². The number of benzene rings is 2. The lowest BCUT2D eigenvalue weighted by Gasteiger charge is -2.21. The van der Waals surface area contributed by atoms with Crippen LogP contribution in [0.1, 0.15) is 35.9 Å². The van der Waals surface area contributed by atoms with Gasteiger partial charge in [-0.2, -0.15) is 5.10 Å². The van der Waals surface area contributed by atoms with E-state index in [-0.39, 0.29) is 5.91 Å². The highest BCUT2D eigenvalue weighted by atomic mass is 16.2. The summed E-state index contributed by atoms with van der Waals surface area (Å²) in [7, 11) is 0. The first-order valence-corrected chi connectivity index (χ1v) is 11.6. The summed E-state index contributed by atoms with van der Waals surface area (Å²) in [5.41, 5.74) is 7.24. The van der Waals surface area contributed by atoms with Crippen LogP contribution in [-0.2, 0) is 17.8 Å². The van der Waals surface area contributed by atoms with Crippen molar-refractivity contribution in [1.82, 2.24) is 29.1 Å². The maximum atomic E-state index is 12.9. The lowest BCUT2D eigenvalue weighted by molar-refractivity contribution is -0.131. The molecule has 0 saturated heterocycles. The summed E-state index contributed by atoms with van der Waals surface area (Å²) in [6, 6.07) is 18.5. The molecule has 172 valence electrons. The zero-order chi connectivity index (χ0) is 23.7. The second-order valence-electron chi connectivity index (χ2n) is 8.66. The van der Waals surface area contributed by atoms with Crippen molar-refractivity contribution in [1.29, 1.82) is 0 Å². The Bertz CT molecular complexity index is 1470. The molecule has 1 amide bonds. The molecule has 0 N–H and O–H groups in total. The van der Waals surface area contributed by atoms with Gasteiger partial charge in [-0.3, -0.25) is 9.20 Å². The van der Waals surface area contributed by atoms with E-state index in [0.29, 0.717) is 25.9 Å². The third-order valence-electron chi connectivity index (χ3n) is 6.40. The first-order chi connectivity index (χ1) is 16.5. The molecule has 0 saturated carbocycles. The van der Waals surface area contributed by atoms with E-state index in [1.807, 2.05) is 69.5 Å². The summed E-state index contributed by atoms with van der Waals surface area (Å²) in [6.45, 7) is 7.52. The number of carbonyl (C=O) groups excluding carboxylic acids is 1. The molecule has 3 heterocycles. The van der Waals surface area contributed by atoms with Crippen molar-refractivity contribution in [3.8, 4) is 11.3 Å². The van der Waals surface area contributed by atoms with Crippen LogP contribution in [-0.4, -0.2) is 41.6 Å². The highest BCUT2D eigenvalue weighted by molar-refractivity contribution is 5.78. The Morgan fingerprint density at radius 2 is 1.79 bits per heavy atom. The average Bonchev–Trinajstić information content (AvgIpc) is 3.47. The van der Waals surface area contributed by atoms with Crippen LogP contribution in [0.5, 0.6) is 0 Å². The third-order valence-corrected chi connectivity index (χ3v) is 6.40. The quantitative estimate of drug-likeness (QED) is 0.361. The van der Waals surface area contributed by atoms with Crippen molar-refractivity contribution in [3.05, 3.63) is 89.5 Å². The third kappa shape index (κ3) is 4.17. The molecule has 0 atom stereocenters. The molecule has 7 nitrogen and oxygen atoms in total. The number of rotatable bonds is 7. The van der Waals surface area contributed by atoms with Gasteiger partial charge in [0.05, 0.1) is 5.69 Å². The number of carbonyl (C=O) groups is 1. The molecule has 7 heteroatoms. The van der Waals surface area contributed by atoms with E-state index in [9.17, 15) is 4.79 Å². The van der Waals surface area contributed by atoms with Gasteiger partial charge in [-0.15, -0.1) is 10.2 Å². The molecule has 0 fully saturated rings. The first-order valence-electron chi connectivity index (χ1n) is 11.6. The minimum atomic E-state index is 0.116. The maximum Gasteiger partial charge on any atom is 0.223 e. The van der Waals surface area contributed by atoms with Crippen molar-refractivity contribution < 1.29 is 4.79 Å². The molecule has 0 radical (unpaired) electrons. The van der Waals surface area contributed by atoms with Crippen LogP contribution < -0.4 is 0 Å². The van der Waals surface area contributed by atoms with Gasteiger partial charge in [0.25, 0.3) is 0 Å². The average molecular weight is 453 g/mol. The Labute approximate surface area is 198 Å². The van der Waals surface area contributed by atoms with Gasteiger partial charge >= 0.3 is 0 Å². The van der Waals surface area contributed by atoms with E-state index in [1.165, 1.54) is 11.1 Å². The Hall–Kier alpha value is -4.00. The fourth-order valence-corrected chi connectivity index (χ4v) is 4.23. The molecular formula is C27H28N6O. The topological polar surface area (TPSA) is 67.8 Å². The van der Waals surface area contributed by atoms with Crippen molar-refractivity contribution in [2.45, 2.75) is 40.2 Å². The Morgan fingerprint density at radius 3 is 2.56 bits per heavy atom. The van der Waals surface area contributed by atoms with Crippen LogP contribution in [0, 0.1) is 13.8 Å². The van der Waals surface area contributed by atoms with Gasteiger partial charge in [0, 0.05) is 43.9 Å². The number of nitrogens with zero attached hydrogens (tertiary/aromatic N) is 6. The summed E-state index contributed by atoms with van der Waals surface area (Å²) in [5, 5.41) is 13.6. The maximum absolute atomic E-state index is 12.9. The molecule has 0 spiro atoms. The summed E-state index contributed by atoms with van der Waals surface area (Å²) in [4.78, 5) is 14.8. The molecule has 5 aromatic rings. The second kappa shape index (κ2) is 9.09. The highest BCUT2D eigenvalue weighted by Gasteiger charge is 2.16. The van der Waals surface area contributed by atoms with E-state index >= 15 is 0 Å². The fraction of sp³-hybridized carbons (Fsp3) is 0.259. The minimum Gasteiger partial charge on any atom is -0.339 e. The molecule has 0 bridgehead atoms. The largest absolute Gasteiger partial charge is 0.339 e. The zero-order valence-electron chi connectivity index (χ0n) is 19.8. The van der Waals surface area contributed by atoms with Gasteiger partial charge in [0.2, 0.25) is 5.91 Å². The first kappa shape index (κ1) is 21.8. The molecule has 3 aromatic heterocycles. The number of aromatic nitrogens is 5. The van der Waals surface area contributed by atoms with Crippen LogP contribution in [0.2, 0.25) is 0 Å². The molecule has 34 heavy (non-hydrogen) atoms. The van der Waals surface area contributed by atoms with Gasteiger partial charge in [0.15, 0.2) is 5.65 Å². The van der Waals surface area contributed by atoms with E-state index < -0.39 is 0 Å². The van der Waals surface area contributed by atoms with Crippen molar-refractivity contribution in [2.24, 2.45) is 0 Å². The lowest BCUT2D eigenvalue weighted by atomic mass is 10.0. The molecule has 2 aromatic carbocycles. The number of hydrogen-bond donors (Lipinski definition) is 0. The Morgan fingerprint density at radius 1 is 0.971 bits per heavy atom. The van der Waals surface area contributed by atoms with Gasteiger partial charge in [-0.25, -0.2) is 4.52 Å². The van der Waals surface area contributed by atoms with Gasteiger partial charge in [-0.05, 0) is 49.6 Å². The molecule has 5 rings (SSSR count). The standard InChI is InChI=1S/C27H28N6O/c1-4-31(18-21-8-6-5-7-9-21)26(34)13-12-25-28-29-27-24-17-23(30-33(24)15-14-32(25)27)22-11-10-19(2)20(3)16-22/h5-11,14-17H,4,12-13,18H2,1-3H3. The monoisotopic (exact) mass is 452 g/mol. The summed E-state index contributed by atoms with van der Waals surface area (Å²) < 4.78 is 3.80. The highest BCUT2D eigenvalue weighted by Crippen LogP contribution is 2.24. The van der Waals surface area contributed by atoms with E-state index in [2.05, 4.69) is 42.2 Å². The van der Waals surface area contributed by atoms with Crippen molar-refractivity contribution in [3.63, 3.8) is 0 Å². The SMILES string of the molecule is CCN(Cc1ccccc1)C(=O)CCc1nnc2c3cc(-c4ccc(C)c(C)c4)nn3ccn12. The number of amides is 1. The second-order valence-corrected chi connectivity index (χ2v) is 8.66. The van der Waals surface area contributed by atoms with E-state index in [1.54, 1.807) is 0 Å². The number of hydrogen-bond acceptors (Lipinski definition) is 4. The molecule has 0 unspecified atom stereocenters. The predicted molar refractivity (Wildman–Crippen MR) is 133 cm³/mol. The normalized spacial score (nSPS) is 11.4. The number of aryl methyl sites for hydroxylation is 3. The summed E-state index contributed by atoms with van der Waals surface area (Å²) in [5.74, 6) is 0.890. The smallest absolute Gasteiger partial charge is 0.223 e. The minimum absolute atomic E-state index is 0.116. The summed E-state index contributed by atoms with van der Waals surface area (Å²) in [6.07, 6.45) is 4.75. The van der Waals surface area contributed by atoms with Gasteiger partial charge in [0.1, 0.15) is 11.3 Å². The van der Waals surface area contributed by atoms with Crippen LogP contribution in [0.25, 0.3) is 22.4 Å². The van der Waals surface area contributed by atoms with E-state index in [4.69, 9.17) is 5.10 Å². The number of fused-ring (bicyclic) bond motifs is 3. The predicted octanol–water partition coefficient (Wildman–Crippen LogP) is 4.64. The fourth-order valence-electron chi connectivity index (χ4n) is 4.23. The lowest BCUT2D eigenvalue weighted by Crippen LogP contribution is -2.30. The summed E-state index contributed by atoms with van der Waals surface area (Å²) >= 11 is 0. The van der Waals surface area contributed by atoms with Gasteiger partial charge in [-0.1, -0.05) is 42.5 Å². The van der Waals surface area contributed by atoms with Crippen molar-refractivity contribution >= 4 is 17.1 Å². The molecule has 0 aliphatic carbocycles. The van der Waals surface area contributed by atoms with Crippen LogP contribution in [0.4, 0.5) is 0 Å². The Balaban J connectivity index is 1.36. The van der Waals surface area contributed by atoms with E-state index in [0.717, 1.165) is 33.8 Å². The molecule has 0 aliphatic rings. The molecular weight excluding hydrogens is 424 g/mol. The van der Waals surface area contributed by atoms with Crippen LogP contribution >= 0.6 is 0 Å². The zero-order valence-corrected chi connectivity index (χ0v) is 19.8. The van der Waals surface area contributed by atoms with Crippen LogP contribution in [0.3, 0.4) is 0 Å². The van der Waals surface area contributed by atoms with Crippen molar-refractivity contribution in [2.75, 3.05) is 6.54 Å². The van der Waals surface area contributed by atoms with Gasteiger partial charge < -0.3 is 4.90 Å². The Kier molecular flexibility index (Phi) is 5.84. The molecule has 0 aliphatic heterocycles.